The molecule has 1 amide bonds. The third-order valence-corrected chi connectivity index (χ3v) is 6.04. The summed E-state index contributed by atoms with van der Waals surface area (Å²) in [6.45, 7) is 3.60. The van der Waals surface area contributed by atoms with Crippen LogP contribution in [-0.4, -0.2) is 52.8 Å². The SMILES string of the molecule is COc1ccc(N[C@H]2CCCN(C(=O)CSc3nc4ccc(C)cc4[nH]3)C2)cc1. The van der Waals surface area contributed by atoms with Gasteiger partial charge in [0.15, 0.2) is 5.16 Å². The van der Waals surface area contributed by atoms with Crippen molar-refractivity contribution in [2.24, 2.45) is 0 Å². The molecule has 7 heteroatoms. The van der Waals surface area contributed by atoms with Crippen LogP contribution in [0, 0.1) is 6.92 Å². The van der Waals surface area contributed by atoms with Gasteiger partial charge in [-0.05, 0) is 61.7 Å². The number of nitrogens with one attached hydrogen (secondary N) is 2. The highest BCUT2D eigenvalue weighted by Gasteiger charge is 2.23. The number of hydrogen-bond acceptors (Lipinski definition) is 5. The summed E-state index contributed by atoms with van der Waals surface area (Å²) < 4.78 is 5.21. The lowest BCUT2D eigenvalue weighted by Crippen LogP contribution is -2.45. The lowest BCUT2D eigenvalue weighted by molar-refractivity contribution is -0.129. The molecule has 1 fully saturated rings. The smallest absolute Gasteiger partial charge is 0.233 e. The van der Waals surface area contributed by atoms with E-state index in [1.165, 1.54) is 17.3 Å². The number of fused-ring (bicyclic) bond motifs is 1. The summed E-state index contributed by atoms with van der Waals surface area (Å²) >= 11 is 1.47. The van der Waals surface area contributed by atoms with Crippen molar-refractivity contribution < 1.29 is 9.53 Å². The van der Waals surface area contributed by atoms with Gasteiger partial charge in [-0.15, -0.1) is 0 Å². The van der Waals surface area contributed by atoms with Crippen LogP contribution >= 0.6 is 11.8 Å². The van der Waals surface area contributed by atoms with Gasteiger partial charge in [-0.25, -0.2) is 4.98 Å². The normalized spacial score (nSPS) is 16.8. The maximum Gasteiger partial charge on any atom is 0.233 e. The first kappa shape index (κ1) is 19.6. The van der Waals surface area contributed by atoms with Crippen LogP contribution in [0.25, 0.3) is 11.0 Å². The Morgan fingerprint density at radius 2 is 2.14 bits per heavy atom. The number of amides is 1. The molecule has 1 aliphatic rings. The standard InChI is InChI=1S/C22H26N4O2S/c1-15-5-10-19-20(12-15)25-22(24-19)29-14-21(27)26-11-3-4-17(13-26)23-16-6-8-18(28-2)9-7-16/h5-10,12,17,23H,3-4,11,13-14H2,1-2H3,(H,24,25)/t17-/m0/s1. The molecule has 0 spiro atoms. The maximum atomic E-state index is 12.7. The van der Waals surface area contributed by atoms with Crippen LogP contribution in [0.4, 0.5) is 5.69 Å². The van der Waals surface area contributed by atoms with Gasteiger partial charge in [0, 0.05) is 24.8 Å². The van der Waals surface area contributed by atoms with Gasteiger partial charge in [0.25, 0.3) is 0 Å². The Balaban J connectivity index is 1.31. The predicted molar refractivity (Wildman–Crippen MR) is 118 cm³/mol. The number of H-pyrrole nitrogens is 1. The van der Waals surface area contributed by atoms with E-state index in [0.29, 0.717) is 5.75 Å². The van der Waals surface area contributed by atoms with Crippen molar-refractivity contribution in [2.75, 3.05) is 31.3 Å². The Hall–Kier alpha value is -2.67. The molecule has 0 aliphatic carbocycles. The molecule has 0 radical (unpaired) electrons. The van der Waals surface area contributed by atoms with E-state index in [2.05, 4.69) is 28.3 Å². The van der Waals surface area contributed by atoms with E-state index in [9.17, 15) is 4.79 Å². The summed E-state index contributed by atoms with van der Waals surface area (Å²) in [5.74, 6) is 1.40. The number of benzene rings is 2. The van der Waals surface area contributed by atoms with Crippen LogP contribution in [0.1, 0.15) is 18.4 Å². The second-order valence-electron chi connectivity index (χ2n) is 7.40. The number of aryl methyl sites for hydroxylation is 1. The van der Waals surface area contributed by atoms with Gasteiger partial charge in [0.1, 0.15) is 5.75 Å². The maximum absolute atomic E-state index is 12.7. The van der Waals surface area contributed by atoms with Crippen LogP contribution in [0.2, 0.25) is 0 Å². The minimum absolute atomic E-state index is 0.160. The summed E-state index contributed by atoms with van der Waals surface area (Å²) in [6, 6.07) is 14.3. The molecule has 152 valence electrons. The molecule has 1 saturated heterocycles. The van der Waals surface area contributed by atoms with Gasteiger partial charge in [0.05, 0.1) is 23.9 Å². The summed E-state index contributed by atoms with van der Waals surface area (Å²) in [5, 5.41) is 4.33. The van der Waals surface area contributed by atoms with E-state index < -0.39 is 0 Å². The molecule has 2 heterocycles. The molecule has 1 atom stereocenters. The van der Waals surface area contributed by atoms with E-state index in [-0.39, 0.29) is 11.9 Å². The fourth-order valence-corrected chi connectivity index (χ4v) is 4.42. The molecular weight excluding hydrogens is 384 g/mol. The number of likely N-dealkylation sites (tertiary alicyclic amines) is 1. The monoisotopic (exact) mass is 410 g/mol. The van der Waals surface area contributed by atoms with Gasteiger partial charge in [-0.2, -0.15) is 0 Å². The van der Waals surface area contributed by atoms with Gasteiger partial charge >= 0.3 is 0 Å². The number of anilines is 1. The van der Waals surface area contributed by atoms with Gasteiger partial charge < -0.3 is 19.9 Å². The lowest BCUT2D eigenvalue weighted by atomic mass is 10.1. The van der Waals surface area contributed by atoms with Gasteiger partial charge in [-0.1, -0.05) is 17.8 Å². The number of imidazole rings is 1. The first-order valence-corrected chi connectivity index (χ1v) is 10.9. The fraction of sp³-hybridized carbons (Fsp3) is 0.364. The zero-order valence-electron chi connectivity index (χ0n) is 16.8. The Bertz CT molecular complexity index is 986. The number of ether oxygens (including phenoxy) is 1. The summed E-state index contributed by atoms with van der Waals surface area (Å²) in [7, 11) is 1.66. The topological polar surface area (TPSA) is 70.2 Å². The van der Waals surface area contributed by atoms with Crippen LogP contribution in [0.15, 0.2) is 47.6 Å². The minimum atomic E-state index is 0.160. The van der Waals surface area contributed by atoms with Crippen molar-refractivity contribution in [3.05, 3.63) is 48.0 Å². The van der Waals surface area contributed by atoms with E-state index in [4.69, 9.17) is 4.74 Å². The van der Waals surface area contributed by atoms with Crippen molar-refractivity contribution in [1.29, 1.82) is 0 Å². The number of methoxy groups -OCH3 is 1. The van der Waals surface area contributed by atoms with E-state index in [0.717, 1.165) is 53.6 Å². The molecule has 1 aliphatic heterocycles. The number of nitrogens with zero attached hydrogens (tertiary/aromatic N) is 2. The molecule has 2 aromatic carbocycles. The molecule has 3 aromatic rings. The third kappa shape index (κ3) is 4.85. The van der Waals surface area contributed by atoms with Crippen LogP contribution in [-0.2, 0) is 4.79 Å². The number of piperidine rings is 1. The fourth-order valence-electron chi connectivity index (χ4n) is 3.63. The Kier molecular flexibility index (Phi) is 5.94. The van der Waals surface area contributed by atoms with Gasteiger partial charge in [-0.3, -0.25) is 4.79 Å². The largest absolute Gasteiger partial charge is 0.497 e. The number of carbonyl (C=O) groups excluding carboxylic acids is 1. The van der Waals surface area contributed by atoms with Crippen LogP contribution in [0.3, 0.4) is 0 Å². The van der Waals surface area contributed by atoms with Crippen LogP contribution < -0.4 is 10.1 Å². The van der Waals surface area contributed by atoms with E-state index in [1.807, 2.05) is 41.3 Å². The van der Waals surface area contributed by atoms with Crippen molar-refractivity contribution in [3.63, 3.8) is 0 Å². The third-order valence-electron chi connectivity index (χ3n) is 5.18. The van der Waals surface area contributed by atoms with Gasteiger partial charge in [0.2, 0.25) is 5.91 Å². The van der Waals surface area contributed by atoms with Crippen LogP contribution in [0.5, 0.6) is 5.75 Å². The molecule has 4 rings (SSSR count). The Labute approximate surface area is 175 Å². The second kappa shape index (κ2) is 8.78. The molecular formula is C22H26N4O2S. The predicted octanol–water partition coefficient (Wildman–Crippen LogP) is 4.08. The number of aromatic amines is 1. The minimum Gasteiger partial charge on any atom is -0.497 e. The molecule has 0 bridgehead atoms. The van der Waals surface area contributed by atoms with E-state index >= 15 is 0 Å². The molecule has 6 nitrogen and oxygen atoms in total. The quantitative estimate of drug-likeness (QED) is 0.600. The number of carbonyl (C=O) groups is 1. The first-order chi connectivity index (χ1) is 14.1. The molecule has 0 saturated carbocycles. The van der Waals surface area contributed by atoms with Crippen molar-refractivity contribution >= 4 is 34.4 Å². The first-order valence-electron chi connectivity index (χ1n) is 9.88. The number of aromatic nitrogens is 2. The average Bonchev–Trinajstić information content (AvgIpc) is 3.15. The molecule has 2 N–H and O–H groups in total. The van der Waals surface area contributed by atoms with E-state index in [1.54, 1.807) is 7.11 Å². The lowest BCUT2D eigenvalue weighted by Gasteiger charge is -2.33. The zero-order valence-corrected chi connectivity index (χ0v) is 17.6. The van der Waals surface area contributed by atoms with Crippen molar-refractivity contribution in [2.45, 2.75) is 31.0 Å². The molecule has 29 heavy (non-hydrogen) atoms. The van der Waals surface area contributed by atoms with Crippen molar-refractivity contribution in [3.8, 4) is 5.75 Å². The number of hydrogen-bond donors (Lipinski definition) is 2. The zero-order chi connectivity index (χ0) is 20.2. The molecule has 1 aromatic heterocycles. The van der Waals surface area contributed by atoms with Crippen molar-refractivity contribution in [1.82, 2.24) is 14.9 Å². The summed E-state index contributed by atoms with van der Waals surface area (Å²) in [4.78, 5) is 22.6. The number of thioether (sulfide) groups is 1. The second-order valence-corrected chi connectivity index (χ2v) is 8.37. The Morgan fingerprint density at radius 3 is 2.93 bits per heavy atom. The highest BCUT2D eigenvalue weighted by molar-refractivity contribution is 7.99. The summed E-state index contributed by atoms with van der Waals surface area (Å²) in [5.41, 5.74) is 4.20. The number of rotatable bonds is 6. The average molecular weight is 411 g/mol. The highest BCUT2D eigenvalue weighted by atomic mass is 32.2. The Morgan fingerprint density at radius 1 is 1.31 bits per heavy atom. The molecule has 0 unspecified atom stereocenters. The highest BCUT2D eigenvalue weighted by Crippen LogP contribution is 2.23. The summed E-state index contributed by atoms with van der Waals surface area (Å²) in [6.07, 6.45) is 2.07.